The van der Waals surface area contributed by atoms with Gasteiger partial charge in [0.25, 0.3) is 0 Å². The van der Waals surface area contributed by atoms with Crippen LogP contribution >= 0.6 is 0 Å². The van der Waals surface area contributed by atoms with E-state index in [1.807, 2.05) is 6.26 Å². The summed E-state index contributed by atoms with van der Waals surface area (Å²) >= 11 is 0. The highest BCUT2D eigenvalue weighted by Gasteiger charge is 2.03. The van der Waals surface area contributed by atoms with Crippen LogP contribution < -0.4 is 0 Å². The zero-order valence-corrected chi connectivity index (χ0v) is 6.90. The third-order valence-electron chi connectivity index (χ3n) is 1.86. The molecule has 0 amide bonds. The summed E-state index contributed by atoms with van der Waals surface area (Å²) in [4.78, 5) is 0. The third-order valence-corrected chi connectivity index (χ3v) is 1.86. The predicted molar refractivity (Wildman–Crippen MR) is 42.2 cm³/mol. The minimum Gasteiger partial charge on any atom is -0.469 e. The summed E-state index contributed by atoms with van der Waals surface area (Å²) in [5, 5.41) is 0. The molecule has 56 valence electrons. The molecule has 0 spiro atoms. The van der Waals surface area contributed by atoms with Gasteiger partial charge in [-0.3, -0.25) is 0 Å². The second-order valence-corrected chi connectivity index (χ2v) is 2.72. The molecule has 0 bridgehead atoms. The number of aryl methyl sites for hydroxylation is 2. The van der Waals surface area contributed by atoms with Gasteiger partial charge in [-0.2, -0.15) is 0 Å². The van der Waals surface area contributed by atoms with Gasteiger partial charge in [0.05, 0.1) is 6.26 Å². The first-order valence-corrected chi connectivity index (χ1v) is 3.79. The Labute approximate surface area is 62.1 Å². The molecule has 1 heteroatoms. The van der Waals surface area contributed by atoms with E-state index in [4.69, 9.17) is 4.42 Å². The van der Waals surface area contributed by atoms with E-state index in [9.17, 15) is 0 Å². The molecule has 1 heterocycles. The Morgan fingerprint density at radius 2 is 2.10 bits per heavy atom. The number of rotatable bonds is 2. The Morgan fingerprint density at radius 1 is 1.40 bits per heavy atom. The zero-order valence-electron chi connectivity index (χ0n) is 6.90. The van der Waals surface area contributed by atoms with Gasteiger partial charge in [0.1, 0.15) is 5.76 Å². The van der Waals surface area contributed by atoms with E-state index in [0.29, 0.717) is 0 Å². The average molecular weight is 138 g/mol. The first-order chi connectivity index (χ1) is 4.75. The van der Waals surface area contributed by atoms with Crippen LogP contribution in [0.3, 0.4) is 0 Å². The lowest BCUT2D eigenvalue weighted by molar-refractivity contribution is 0.502. The van der Waals surface area contributed by atoms with E-state index in [1.165, 1.54) is 11.1 Å². The molecular formula is C9H14O. The highest BCUT2D eigenvalue weighted by molar-refractivity contribution is 5.24. The first-order valence-electron chi connectivity index (χ1n) is 3.79. The Kier molecular flexibility index (Phi) is 2.15. The standard InChI is InChI=1S/C9H14O/c1-4-5-9-8(3)7(2)6-10-9/h6H,4-5H2,1-3H3. The van der Waals surface area contributed by atoms with Crippen LogP contribution in [0.1, 0.15) is 30.2 Å². The maximum Gasteiger partial charge on any atom is 0.106 e. The van der Waals surface area contributed by atoms with Gasteiger partial charge >= 0.3 is 0 Å². The van der Waals surface area contributed by atoms with Gasteiger partial charge in [-0.1, -0.05) is 6.92 Å². The maximum atomic E-state index is 5.34. The molecule has 0 saturated carbocycles. The fourth-order valence-corrected chi connectivity index (χ4v) is 1.03. The molecule has 0 N–H and O–H groups in total. The van der Waals surface area contributed by atoms with Crippen molar-refractivity contribution in [1.29, 1.82) is 0 Å². The summed E-state index contributed by atoms with van der Waals surface area (Å²) in [6.45, 7) is 6.36. The van der Waals surface area contributed by atoms with Gasteiger partial charge in [0.15, 0.2) is 0 Å². The number of hydrogen-bond acceptors (Lipinski definition) is 1. The molecule has 1 nitrogen and oxygen atoms in total. The molecular weight excluding hydrogens is 124 g/mol. The monoisotopic (exact) mass is 138 g/mol. The van der Waals surface area contributed by atoms with Crippen LogP contribution in [0.2, 0.25) is 0 Å². The Balaban J connectivity index is 2.83. The third kappa shape index (κ3) is 1.23. The smallest absolute Gasteiger partial charge is 0.106 e. The SMILES string of the molecule is CCCc1occ(C)c1C. The lowest BCUT2D eigenvalue weighted by atomic mass is 10.1. The van der Waals surface area contributed by atoms with Crippen molar-refractivity contribution < 1.29 is 4.42 Å². The van der Waals surface area contributed by atoms with Crippen molar-refractivity contribution >= 4 is 0 Å². The summed E-state index contributed by atoms with van der Waals surface area (Å²) in [7, 11) is 0. The second kappa shape index (κ2) is 2.91. The van der Waals surface area contributed by atoms with Gasteiger partial charge in [-0.15, -0.1) is 0 Å². The first kappa shape index (κ1) is 7.39. The predicted octanol–water partition coefficient (Wildman–Crippen LogP) is 2.85. The lowest BCUT2D eigenvalue weighted by Crippen LogP contribution is -1.82. The van der Waals surface area contributed by atoms with Gasteiger partial charge in [-0.25, -0.2) is 0 Å². The fraction of sp³-hybridized carbons (Fsp3) is 0.556. The van der Waals surface area contributed by atoms with Crippen molar-refractivity contribution in [3.63, 3.8) is 0 Å². The summed E-state index contributed by atoms with van der Waals surface area (Å²) < 4.78 is 5.34. The zero-order chi connectivity index (χ0) is 7.56. The summed E-state index contributed by atoms with van der Waals surface area (Å²) in [6.07, 6.45) is 4.06. The quantitative estimate of drug-likeness (QED) is 0.612. The molecule has 1 rings (SSSR count). The molecule has 0 aliphatic rings. The molecule has 1 aromatic heterocycles. The van der Waals surface area contributed by atoms with Crippen molar-refractivity contribution in [2.75, 3.05) is 0 Å². The second-order valence-electron chi connectivity index (χ2n) is 2.72. The molecule has 10 heavy (non-hydrogen) atoms. The van der Waals surface area contributed by atoms with E-state index in [1.54, 1.807) is 0 Å². The molecule has 0 atom stereocenters. The molecule has 0 fully saturated rings. The summed E-state index contributed by atoms with van der Waals surface area (Å²) in [6, 6.07) is 0. The van der Waals surface area contributed by atoms with Crippen molar-refractivity contribution in [3.05, 3.63) is 23.2 Å². The van der Waals surface area contributed by atoms with Crippen molar-refractivity contribution in [3.8, 4) is 0 Å². The topological polar surface area (TPSA) is 13.1 Å². The van der Waals surface area contributed by atoms with Gasteiger partial charge in [0.2, 0.25) is 0 Å². The van der Waals surface area contributed by atoms with Crippen LogP contribution in [-0.4, -0.2) is 0 Å². The minimum absolute atomic E-state index is 1.07. The molecule has 0 unspecified atom stereocenters. The highest BCUT2D eigenvalue weighted by atomic mass is 16.3. The largest absolute Gasteiger partial charge is 0.469 e. The van der Waals surface area contributed by atoms with Crippen molar-refractivity contribution in [1.82, 2.24) is 0 Å². The molecule has 0 aliphatic heterocycles. The van der Waals surface area contributed by atoms with E-state index >= 15 is 0 Å². The maximum absolute atomic E-state index is 5.34. The normalized spacial score (nSPS) is 10.3. The van der Waals surface area contributed by atoms with Crippen LogP contribution in [-0.2, 0) is 6.42 Å². The van der Waals surface area contributed by atoms with E-state index < -0.39 is 0 Å². The Hall–Kier alpha value is -0.720. The number of hydrogen-bond donors (Lipinski definition) is 0. The van der Waals surface area contributed by atoms with Gasteiger partial charge in [-0.05, 0) is 31.4 Å². The molecule has 0 aliphatic carbocycles. The van der Waals surface area contributed by atoms with Gasteiger partial charge < -0.3 is 4.42 Å². The number of furan rings is 1. The summed E-state index contributed by atoms with van der Waals surface area (Å²) in [5.41, 5.74) is 2.59. The lowest BCUT2D eigenvalue weighted by Gasteiger charge is -1.93. The highest BCUT2D eigenvalue weighted by Crippen LogP contribution is 2.15. The molecule has 0 saturated heterocycles. The van der Waals surface area contributed by atoms with E-state index in [-0.39, 0.29) is 0 Å². The molecule has 0 radical (unpaired) electrons. The average Bonchev–Trinajstić information content (AvgIpc) is 2.20. The van der Waals surface area contributed by atoms with E-state index in [0.717, 1.165) is 18.6 Å². The fourth-order valence-electron chi connectivity index (χ4n) is 1.03. The summed E-state index contributed by atoms with van der Waals surface area (Å²) in [5.74, 6) is 1.15. The van der Waals surface area contributed by atoms with Crippen molar-refractivity contribution in [2.24, 2.45) is 0 Å². The molecule has 0 aromatic carbocycles. The van der Waals surface area contributed by atoms with Crippen LogP contribution in [0.5, 0.6) is 0 Å². The van der Waals surface area contributed by atoms with Crippen molar-refractivity contribution in [2.45, 2.75) is 33.6 Å². The van der Waals surface area contributed by atoms with Crippen LogP contribution in [0, 0.1) is 13.8 Å². The van der Waals surface area contributed by atoms with Crippen LogP contribution in [0.25, 0.3) is 0 Å². The van der Waals surface area contributed by atoms with Gasteiger partial charge in [0, 0.05) is 6.42 Å². The van der Waals surface area contributed by atoms with Crippen LogP contribution in [0.4, 0.5) is 0 Å². The Bertz CT molecular complexity index is 211. The van der Waals surface area contributed by atoms with Crippen LogP contribution in [0.15, 0.2) is 10.7 Å². The van der Waals surface area contributed by atoms with E-state index in [2.05, 4.69) is 20.8 Å². The minimum atomic E-state index is 1.07. The molecule has 1 aromatic rings. The Morgan fingerprint density at radius 3 is 2.50 bits per heavy atom.